The van der Waals surface area contributed by atoms with E-state index in [0.717, 1.165) is 44.1 Å². The van der Waals surface area contributed by atoms with Crippen molar-refractivity contribution in [2.75, 3.05) is 7.11 Å². The molecule has 5 aliphatic carbocycles. The highest BCUT2D eigenvalue weighted by Gasteiger charge is 2.70. The van der Waals surface area contributed by atoms with E-state index in [1.807, 2.05) is 0 Å². The number of halogens is 1. The number of allylic oxidation sites excluding steroid dienone is 3. The van der Waals surface area contributed by atoms with Crippen molar-refractivity contribution in [2.45, 2.75) is 99.3 Å². The average molecular weight is 575 g/mol. The molecule has 0 amide bonds. The normalized spacial score (nSPS) is 43.6. The van der Waals surface area contributed by atoms with Gasteiger partial charge in [-0.1, -0.05) is 58.9 Å². The fraction of sp³-hybridized carbons (Fsp3) is 0.684. The quantitative estimate of drug-likeness (QED) is 0.204. The van der Waals surface area contributed by atoms with Crippen LogP contribution < -0.4 is 0 Å². The van der Waals surface area contributed by atoms with E-state index in [9.17, 15) is 9.59 Å². The van der Waals surface area contributed by atoms with Gasteiger partial charge in [0.05, 0.1) is 12.7 Å². The highest BCUT2D eigenvalue weighted by Crippen LogP contribution is 2.77. The summed E-state index contributed by atoms with van der Waals surface area (Å²) >= 11 is 0. The number of ether oxygens (including phenoxy) is 1. The number of hydrogen-bond acceptors (Lipinski definition) is 3. The monoisotopic (exact) mass is 574 g/mol. The molecule has 3 nitrogen and oxygen atoms in total. The number of carbonyl (C=O) groups excluding carboxylic acids is 2. The van der Waals surface area contributed by atoms with Crippen molar-refractivity contribution in [2.24, 2.45) is 56.7 Å². The van der Waals surface area contributed by atoms with Crippen LogP contribution in [0, 0.1) is 62.5 Å². The third kappa shape index (κ3) is 3.75. The minimum absolute atomic E-state index is 0.124. The predicted molar refractivity (Wildman–Crippen MR) is 166 cm³/mol. The van der Waals surface area contributed by atoms with Crippen molar-refractivity contribution >= 4 is 17.8 Å². The molecule has 5 aliphatic rings. The van der Waals surface area contributed by atoms with Gasteiger partial charge in [-0.3, -0.25) is 0 Å². The van der Waals surface area contributed by atoms with E-state index in [-0.39, 0.29) is 38.5 Å². The molecular formula is C38H51FO3. The van der Waals surface area contributed by atoms with Crippen LogP contribution in [0.15, 0.2) is 36.4 Å². The number of hydrogen-bond donors (Lipinski definition) is 0. The van der Waals surface area contributed by atoms with E-state index in [2.05, 4.69) is 54.2 Å². The summed E-state index contributed by atoms with van der Waals surface area (Å²) in [5.74, 6) is 1.62. The Morgan fingerprint density at radius 1 is 0.976 bits per heavy atom. The molecule has 0 N–H and O–H groups in total. The van der Waals surface area contributed by atoms with Crippen molar-refractivity contribution in [3.05, 3.63) is 53.4 Å². The lowest BCUT2D eigenvalue weighted by Gasteiger charge is -2.72. The number of benzene rings is 1. The molecule has 9 atom stereocenters. The molecule has 0 aliphatic heterocycles. The number of rotatable bonds is 4. The standard InChI is InChI=1S/C38H51FO3/c1-23(2)25-13-18-38(22-40)20-19-36(6)28(32(25)38)11-12-31-35(5)16-14-27(34(3,4)30(35)15-17-37(31,36)7)26-10-9-24(21-29(26)39)33(41)42-8/h9-10,14,21-22,25,28,30-32H,1,11-13,15-20H2,2-8H3. The summed E-state index contributed by atoms with van der Waals surface area (Å²) < 4.78 is 20.4. The van der Waals surface area contributed by atoms with Gasteiger partial charge in [-0.25, -0.2) is 9.18 Å². The van der Waals surface area contributed by atoms with E-state index in [4.69, 9.17) is 4.74 Å². The van der Waals surface area contributed by atoms with Gasteiger partial charge in [0.2, 0.25) is 0 Å². The Kier molecular flexibility index (Phi) is 6.84. The lowest BCUT2D eigenvalue weighted by Crippen LogP contribution is -2.65. The molecule has 4 heteroatoms. The molecular weight excluding hydrogens is 523 g/mol. The molecule has 228 valence electrons. The second-order valence-corrected chi connectivity index (χ2v) is 16.3. The zero-order valence-electron chi connectivity index (χ0n) is 26.9. The van der Waals surface area contributed by atoms with Crippen molar-refractivity contribution in [3.8, 4) is 0 Å². The Morgan fingerprint density at radius 3 is 2.36 bits per heavy atom. The molecule has 0 saturated heterocycles. The SMILES string of the molecule is C=C(C)C1CCC2(C=O)CCC3(C)C(CCC4C5(C)CC=C(c6ccc(C(=O)OC)cc6F)C(C)(C)C5CCC43C)C12. The van der Waals surface area contributed by atoms with Crippen molar-refractivity contribution in [1.82, 2.24) is 0 Å². The molecule has 6 rings (SSSR count). The van der Waals surface area contributed by atoms with Crippen LogP contribution in [0.5, 0.6) is 0 Å². The van der Waals surface area contributed by atoms with Gasteiger partial charge in [0, 0.05) is 11.0 Å². The van der Waals surface area contributed by atoms with Crippen LogP contribution in [0.1, 0.15) is 115 Å². The third-order valence-electron chi connectivity index (χ3n) is 14.6. The van der Waals surface area contributed by atoms with Crippen LogP contribution in [0.25, 0.3) is 5.57 Å². The lowest BCUT2D eigenvalue weighted by atomic mass is 9.32. The van der Waals surface area contributed by atoms with Crippen molar-refractivity contribution < 1.29 is 18.7 Å². The van der Waals surface area contributed by atoms with Gasteiger partial charge in [-0.15, -0.1) is 0 Å². The van der Waals surface area contributed by atoms with Crippen molar-refractivity contribution in [1.29, 1.82) is 0 Å². The fourth-order valence-corrected chi connectivity index (χ4v) is 12.4. The minimum Gasteiger partial charge on any atom is -0.465 e. The third-order valence-corrected chi connectivity index (χ3v) is 14.6. The Hall–Kier alpha value is -2.23. The molecule has 9 unspecified atom stereocenters. The summed E-state index contributed by atoms with van der Waals surface area (Å²) in [4.78, 5) is 24.8. The van der Waals surface area contributed by atoms with Crippen LogP contribution >= 0.6 is 0 Å². The molecule has 0 radical (unpaired) electrons. The molecule has 1 aromatic rings. The smallest absolute Gasteiger partial charge is 0.337 e. The van der Waals surface area contributed by atoms with Gasteiger partial charge in [0.1, 0.15) is 12.1 Å². The second kappa shape index (κ2) is 9.63. The van der Waals surface area contributed by atoms with Gasteiger partial charge in [0.15, 0.2) is 0 Å². The van der Waals surface area contributed by atoms with E-state index >= 15 is 4.39 Å². The fourth-order valence-electron chi connectivity index (χ4n) is 12.4. The summed E-state index contributed by atoms with van der Waals surface area (Å²) in [7, 11) is 1.32. The molecule has 1 aromatic carbocycles. The second-order valence-electron chi connectivity index (χ2n) is 16.3. The lowest BCUT2D eigenvalue weighted by molar-refractivity contribution is -0.223. The Balaban J connectivity index is 1.37. The summed E-state index contributed by atoms with van der Waals surface area (Å²) in [6.45, 7) is 19.0. The first kappa shape index (κ1) is 29.8. The Bertz CT molecular complexity index is 1360. The topological polar surface area (TPSA) is 43.4 Å². The number of methoxy groups -OCH3 is 1. The molecule has 42 heavy (non-hydrogen) atoms. The molecule has 4 saturated carbocycles. The Morgan fingerprint density at radius 2 is 1.71 bits per heavy atom. The van der Waals surface area contributed by atoms with E-state index in [1.54, 1.807) is 12.1 Å². The molecule has 4 fully saturated rings. The maximum Gasteiger partial charge on any atom is 0.337 e. The summed E-state index contributed by atoms with van der Waals surface area (Å²) in [6.07, 6.45) is 13.7. The summed E-state index contributed by atoms with van der Waals surface area (Å²) in [6, 6.07) is 4.80. The first-order valence-electron chi connectivity index (χ1n) is 16.4. The minimum atomic E-state index is -0.513. The average Bonchev–Trinajstić information content (AvgIpc) is 3.34. The maximum atomic E-state index is 15.5. The molecule has 0 spiro atoms. The number of carbonyl (C=O) groups is 2. The van der Waals surface area contributed by atoms with E-state index in [1.165, 1.54) is 44.3 Å². The van der Waals surface area contributed by atoms with Crippen LogP contribution in [-0.4, -0.2) is 19.4 Å². The first-order valence-corrected chi connectivity index (χ1v) is 16.4. The number of esters is 1. The van der Waals surface area contributed by atoms with Gasteiger partial charge in [0.25, 0.3) is 0 Å². The van der Waals surface area contributed by atoms with Crippen LogP contribution in [0.4, 0.5) is 4.39 Å². The van der Waals surface area contributed by atoms with Gasteiger partial charge >= 0.3 is 5.97 Å². The van der Waals surface area contributed by atoms with Crippen molar-refractivity contribution in [3.63, 3.8) is 0 Å². The van der Waals surface area contributed by atoms with Gasteiger partial charge < -0.3 is 9.53 Å². The summed E-state index contributed by atoms with van der Waals surface area (Å²) in [5, 5.41) is 0. The number of aldehydes is 1. The van der Waals surface area contributed by atoms with Gasteiger partial charge in [-0.05, 0) is 134 Å². The summed E-state index contributed by atoms with van der Waals surface area (Å²) in [5.41, 5.74) is 3.38. The van der Waals surface area contributed by atoms with Gasteiger partial charge in [-0.2, -0.15) is 0 Å². The predicted octanol–water partition coefficient (Wildman–Crippen LogP) is 9.46. The first-order chi connectivity index (χ1) is 19.7. The van der Waals surface area contributed by atoms with E-state index < -0.39 is 5.97 Å². The zero-order valence-corrected chi connectivity index (χ0v) is 26.9. The zero-order chi connectivity index (χ0) is 30.5. The highest BCUT2D eigenvalue weighted by atomic mass is 19.1. The number of fused-ring (bicyclic) bond motifs is 7. The molecule has 0 heterocycles. The highest BCUT2D eigenvalue weighted by molar-refractivity contribution is 5.90. The van der Waals surface area contributed by atoms with Crippen LogP contribution in [0.2, 0.25) is 0 Å². The molecule has 0 bridgehead atoms. The Labute approximate surface area is 252 Å². The van der Waals surface area contributed by atoms with Crippen LogP contribution in [-0.2, 0) is 9.53 Å². The maximum absolute atomic E-state index is 15.5. The van der Waals surface area contributed by atoms with E-state index in [0.29, 0.717) is 35.2 Å². The molecule has 0 aromatic heterocycles. The largest absolute Gasteiger partial charge is 0.465 e. The van der Waals surface area contributed by atoms with Crippen LogP contribution in [0.3, 0.4) is 0 Å².